The molecule has 1 amide bonds. The highest BCUT2D eigenvalue weighted by molar-refractivity contribution is 5.91. The molecule has 0 spiro atoms. The van der Waals surface area contributed by atoms with Gasteiger partial charge in [-0.1, -0.05) is 18.2 Å². The fraction of sp³-hybridized carbons (Fsp3) is 0.353. The quantitative estimate of drug-likeness (QED) is 0.943. The summed E-state index contributed by atoms with van der Waals surface area (Å²) in [6, 6.07) is 9.84. The standard InChI is InChI=1S/C17H19FN4O/c18-14-7-3-2-6-13(14)12-17(23)19-15-8-9-16(21-20-15)22-10-4-1-5-11-22/h2-3,6-9H,1,4-5,10-12H2,(H,19,20,23). The lowest BCUT2D eigenvalue weighted by molar-refractivity contribution is -0.115. The van der Waals surface area contributed by atoms with Crippen molar-refractivity contribution < 1.29 is 9.18 Å². The Labute approximate surface area is 134 Å². The number of halogens is 1. The second kappa shape index (κ2) is 7.17. The Morgan fingerprint density at radius 1 is 1.09 bits per heavy atom. The van der Waals surface area contributed by atoms with E-state index in [0.717, 1.165) is 18.9 Å². The number of benzene rings is 1. The van der Waals surface area contributed by atoms with E-state index in [-0.39, 0.29) is 18.1 Å². The van der Waals surface area contributed by atoms with Crippen LogP contribution in [0.15, 0.2) is 36.4 Å². The SMILES string of the molecule is O=C(Cc1ccccc1F)Nc1ccc(N2CCCCC2)nn1. The van der Waals surface area contributed by atoms with Gasteiger partial charge in [0.1, 0.15) is 5.82 Å². The average molecular weight is 314 g/mol. The van der Waals surface area contributed by atoms with Crippen LogP contribution in [0, 0.1) is 5.82 Å². The molecule has 1 aliphatic heterocycles. The fourth-order valence-corrected chi connectivity index (χ4v) is 2.69. The number of piperidine rings is 1. The molecule has 0 bridgehead atoms. The minimum Gasteiger partial charge on any atom is -0.355 e. The average Bonchev–Trinajstić information content (AvgIpc) is 2.58. The molecule has 6 heteroatoms. The van der Waals surface area contributed by atoms with Crippen molar-refractivity contribution >= 4 is 17.5 Å². The highest BCUT2D eigenvalue weighted by Crippen LogP contribution is 2.17. The van der Waals surface area contributed by atoms with Crippen LogP contribution in [0.1, 0.15) is 24.8 Å². The van der Waals surface area contributed by atoms with Gasteiger partial charge in [0.2, 0.25) is 5.91 Å². The molecular weight excluding hydrogens is 295 g/mol. The van der Waals surface area contributed by atoms with Gasteiger partial charge in [-0.3, -0.25) is 4.79 Å². The predicted octanol–water partition coefficient (Wildman–Crippen LogP) is 2.79. The molecule has 5 nitrogen and oxygen atoms in total. The summed E-state index contributed by atoms with van der Waals surface area (Å²) in [5.74, 6) is 0.521. The first-order valence-corrected chi connectivity index (χ1v) is 7.84. The molecule has 1 aromatic carbocycles. The first-order valence-electron chi connectivity index (χ1n) is 7.84. The van der Waals surface area contributed by atoms with Gasteiger partial charge in [-0.05, 0) is 43.0 Å². The van der Waals surface area contributed by atoms with Gasteiger partial charge in [0.25, 0.3) is 0 Å². The molecule has 0 unspecified atom stereocenters. The molecule has 1 aliphatic rings. The Hall–Kier alpha value is -2.50. The van der Waals surface area contributed by atoms with Crippen LogP contribution < -0.4 is 10.2 Å². The molecular formula is C17H19FN4O. The molecule has 0 aliphatic carbocycles. The summed E-state index contributed by atoms with van der Waals surface area (Å²) < 4.78 is 13.5. The Balaban J connectivity index is 1.59. The van der Waals surface area contributed by atoms with E-state index in [1.54, 1.807) is 24.3 Å². The van der Waals surface area contributed by atoms with E-state index in [1.807, 2.05) is 6.07 Å². The molecule has 2 heterocycles. The van der Waals surface area contributed by atoms with Crippen LogP contribution in [-0.2, 0) is 11.2 Å². The molecule has 1 aromatic heterocycles. The van der Waals surface area contributed by atoms with Gasteiger partial charge in [-0.15, -0.1) is 10.2 Å². The molecule has 0 atom stereocenters. The molecule has 23 heavy (non-hydrogen) atoms. The Morgan fingerprint density at radius 2 is 1.87 bits per heavy atom. The van der Waals surface area contributed by atoms with Crippen LogP contribution in [0.2, 0.25) is 0 Å². The molecule has 2 aromatic rings. The van der Waals surface area contributed by atoms with Crippen LogP contribution in [0.25, 0.3) is 0 Å². The number of anilines is 2. The number of aromatic nitrogens is 2. The summed E-state index contributed by atoms with van der Waals surface area (Å²) in [5.41, 5.74) is 0.364. The van der Waals surface area contributed by atoms with Crippen LogP contribution in [0.5, 0.6) is 0 Å². The van der Waals surface area contributed by atoms with Crippen molar-refractivity contribution in [1.82, 2.24) is 10.2 Å². The number of hydrogen-bond acceptors (Lipinski definition) is 4. The monoisotopic (exact) mass is 314 g/mol. The largest absolute Gasteiger partial charge is 0.355 e. The lowest BCUT2D eigenvalue weighted by Crippen LogP contribution is -2.30. The summed E-state index contributed by atoms with van der Waals surface area (Å²) in [4.78, 5) is 14.2. The van der Waals surface area contributed by atoms with Crippen molar-refractivity contribution in [3.8, 4) is 0 Å². The number of nitrogens with one attached hydrogen (secondary N) is 1. The lowest BCUT2D eigenvalue weighted by atomic mass is 10.1. The normalized spacial score (nSPS) is 14.6. The Kier molecular flexibility index (Phi) is 4.80. The van der Waals surface area contributed by atoms with Crippen LogP contribution in [0.4, 0.5) is 16.0 Å². The first kappa shape index (κ1) is 15.4. The van der Waals surface area contributed by atoms with Gasteiger partial charge in [-0.2, -0.15) is 0 Å². The highest BCUT2D eigenvalue weighted by Gasteiger charge is 2.13. The van der Waals surface area contributed by atoms with E-state index in [2.05, 4.69) is 20.4 Å². The van der Waals surface area contributed by atoms with Crippen molar-refractivity contribution in [2.75, 3.05) is 23.3 Å². The minimum atomic E-state index is -0.380. The molecule has 3 rings (SSSR count). The second-order valence-corrected chi connectivity index (χ2v) is 5.64. The number of rotatable bonds is 4. The van der Waals surface area contributed by atoms with E-state index in [4.69, 9.17) is 0 Å². The third-order valence-corrected chi connectivity index (χ3v) is 3.91. The van der Waals surface area contributed by atoms with E-state index in [0.29, 0.717) is 11.4 Å². The zero-order valence-corrected chi connectivity index (χ0v) is 12.8. The number of amides is 1. The zero-order chi connectivity index (χ0) is 16.1. The number of carbonyl (C=O) groups excluding carboxylic acids is 1. The van der Waals surface area contributed by atoms with Gasteiger partial charge in [0, 0.05) is 13.1 Å². The van der Waals surface area contributed by atoms with Crippen molar-refractivity contribution in [2.45, 2.75) is 25.7 Å². The molecule has 1 N–H and O–H groups in total. The van der Waals surface area contributed by atoms with Crippen LogP contribution >= 0.6 is 0 Å². The number of hydrogen-bond donors (Lipinski definition) is 1. The van der Waals surface area contributed by atoms with Gasteiger partial charge < -0.3 is 10.2 Å². The molecule has 120 valence electrons. The van der Waals surface area contributed by atoms with Crippen molar-refractivity contribution in [1.29, 1.82) is 0 Å². The van der Waals surface area contributed by atoms with Crippen molar-refractivity contribution in [3.63, 3.8) is 0 Å². The molecule has 0 saturated carbocycles. The molecule has 0 radical (unpaired) electrons. The van der Waals surface area contributed by atoms with Gasteiger partial charge in [0.05, 0.1) is 6.42 Å². The summed E-state index contributed by atoms with van der Waals surface area (Å²) in [7, 11) is 0. The third kappa shape index (κ3) is 4.03. The van der Waals surface area contributed by atoms with Gasteiger partial charge >= 0.3 is 0 Å². The Bertz CT molecular complexity index is 669. The highest BCUT2D eigenvalue weighted by atomic mass is 19.1. The van der Waals surface area contributed by atoms with Gasteiger partial charge in [-0.25, -0.2) is 4.39 Å². The predicted molar refractivity (Wildman–Crippen MR) is 86.8 cm³/mol. The fourth-order valence-electron chi connectivity index (χ4n) is 2.69. The summed E-state index contributed by atoms with van der Waals surface area (Å²) >= 11 is 0. The van der Waals surface area contributed by atoms with E-state index in [1.165, 1.54) is 25.3 Å². The summed E-state index contributed by atoms with van der Waals surface area (Å²) in [6.45, 7) is 1.99. The van der Waals surface area contributed by atoms with E-state index in [9.17, 15) is 9.18 Å². The second-order valence-electron chi connectivity index (χ2n) is 5.64. The smallest absolute Gasteiger partial charge is 0.230 e. The number of nitrogens with zero attached hydrogens (tertiary/aromatic N) is 3. The first-order chi connectivity index (χ1) is 11.2. The summed E-state index contributed by atoms with van der Waals surface area (Å²) in [5, 5.41) is 10.9. The van der Waals surface area contributed by atoms with Crippen molar-refractivity contribution in [2.24, 2.45) is 0 Å². The maximum atomic E-state index is 13.5. The molecule has 1 saturated heterocycles. The van der Waals surface area contributed by atoms with Gasteiger partial charge in [0.15, 0.2) is 11.6 Å². The Morgan fingerprint density at radius 3 is 2.57 bits per heavy atom. The van der Waals surface area contributed by atoms with Crippen LogP contribution in [0.3, 0.4) is 0 Å². The third-order valence-electron chi connectivity index (χ3n) is 3.91. The maximum absolute atomic E-state index is 13.5. The lowest BCUT2D eigenvalue weighted by Gasteiger charge is -2.27. The zero-order valence-electron chi connectivity index (χ0n) is 12.8. The summed E-state index contributed by atoms with van der Waals surface area (Å²) in [6.07, 6.45) is 3.57. The number of carbonyl (C=O) groups is 1. The molecule has 1 fully saturated rings. The van der Waals surface area contributed by atoms with E-state index >= 15 is 0 Å². The van der Waals surface area contributed by atoms with Crippen molar-refractivity contribution in [3.05, 3.63) is 47.8 Å². The minimum absolute atomic E-state index is 0.0256. The maximum Gasteiger partial charge on any atom is 0.230 e. The van der Waals surface area contributed by atoms with Crippen LogP contribution in [-0.4, -0.2) is 29.2 Å². The topological polar surface area (TPSA) is 58.1 Å². The van der Waals surface area contributed by atoms with E-state index < -0.39 is 0 Å².